The van der Waals surface area contributed by atoms with Gasteiger partial charge in [0, 0.05) is 71.9 Å². The summed E-state index contributed by atoms with van der Waals surface area (Å²) >= 11 is 3.61. The van der Waals surface area contributed by atoms with Crippen molar-refractivity contribution < 1.29 is 9.59 Å². The number of pyridine rings is 1. The average molecular weight is 528 g/mol. The number of likely N-dealkylation sites (N-methyl/N-ethyl adjacent to an activating group) is 1. The van der Waals surface area contributed by atoms with Gasteiger partial charge in [0.15, 0.2) is 0 Å². The zero-order chi connectivity index (χ0) is 24.6. The summed E-state index contributed by atoms with van der Waals surface area (Å²) in [5.74, 6) is -0.762. The number of halogens is 1. The van der Waals surface area contributed by atoms with Gasteiger partial charge in [0.2, 0.25) is 0 Å². The minimum absolute atomic E-state index is 0.159. The molecule has 2 atom stereocenters. The molecule has 2 aromatic heterocycles. The monoisotopic (exact) mass is 527 g/mol. The van der Waals surface area contributed by atoms with Crippen molar-refractivity contribution in [3.63, 3.8) is 0 Å². The topological polar surface area (TPSA) is 69.4 Å². The van der Waals surface area contributed by atoms with E-state index in [1.54, 1.807) is 0 Å². The van der Waals surface area contributed by atoms with Crippen LogP contribution in [0.5, 0.6) is 0 Å². The number of carbonyl (C=O) groups excluding carboxylic acids is 2. The van der Waals surface area contributed by atoms with Crippen LogP contribution < -0.4 is 5.32 Å². The largest absolute Gasteiger partial charge is 0.351 e. The molecule has 0 saturated carbocycles. The van der Waals surface area contributed by atoms with E-state index in [-0.39, 0.29) is 24.4 Å². The summed E-state index contributed by atoms with van der Waals surface area (Å²) in [6, 6.07) is 4.14. The first-order valence-corrected chi connectivity index (χ1v) is 12.8. The van der Waals surface area contributed by atoms with Gasteiger partial charge in [-0.1, -0.05) is 12.5 Å². The number of hydrogen-bond acceptors (Lipinski definition) is 4. The molecule has 0 aliphatic carbocycles. The van der Waals surface area contributed by atoms with Gasteiger partial charge in [0.1, 0.15) is 0 Å². The number of nitrogens with one attached hydrogen (secondary N) is 1. The van der Waals surface area contributed by atoms with Crippen LogP contribution in [0, 0.1) is 12.8 Å². The molecular formula is C26H34BrN5O2. The molecule has 0 radical (unpaired) electrons. The van der Waals surface area contributed by atoms with Crippen LogP contribution in [0.4, 0.5) is 0 Å². The van der Waals surface area contributed by atoms with Crippen molar-refractivity contribution in [1.82, 2.24) is 19.5 Å². The van der Waals surface area contributed by atoms with E-state index in [4.69, 9.17) is 0 Å². The number of amides is 2. The van der Waals surface area contributed by atoms with Crippen LogP contribution in [-0.2, 0) is 4.79 Å². The van der Waals surface area contributed by atoms with Gasteiger partial charge in [-0.3, -0.25) is 14.5 Å². The van der Waals surface area contributed by atoms with Crippen molar-refractivity contribution in [2.75, 3.05) is 39.3 Å². The summed E-state index contributed by atoms with van der Waals surface area (Å²) in [4.78, 5) is 34.8. The fraction of sp³-hybridized carbons (Fsp3) is 0.500. The van der Waals surface area contributed by atoms with Crippen LogP contribution in [0.3, 0.4) is 0 Å². The molecule has 182 valence electrons. The highest BCUT2D eigenvalue weighted by molar-refractivity contribution is 9.10. The SMILES string of the molecule is CCN1CCN(C(C)c2c(C)c(C(=O)NCC3C(=O)N=C(C)C=C3C)cc3cc(Br)cn23)CC1. The van der Waals surface area contributed by atoms with E-state index in [2.05, 4.69) is 60.5 Å². The standard InChI is InChI=1S/C26H34BrN5O2/c1-6-30-7-9-31(10-8-30)19(5)24-18(4)22(13-21-12-20(27)15-32(21)24)25(33)28-14-23-16(2)11-17(3)29-26(23)34/h11-13,15,19,23H,6-10,14H2,1-5H3,(H,28,33). The number of fused-ring (bicyclic) bond motifs is 1. The number of nitrogens with zero attached hydrogens (tertiary/aromatic N) is 4. The molecule has 7 nitrogen and oxygen atoms in total. The summed E-state index contributed by atoms with van der Waals surface area (Å²) in [6.45, 7) is 15.6. The smallest absolute Gasteiger partial charge is 0.254 e. The minimum atomic E-state index is -0.410. The predicted molar refractivity (Wildman–Crippen MR) is 140 cm³/mol. The molecule has 1 saturated heterocycles. The Morgan fingerprint density at radius 3 is 2.56 bits per heavy atom. The summed E-state index contributed by atoms with van der Waals surface area (Å²) in [5, 5.41) is 3.00. The molecule has 2 aliphatic heterocycles. The average Bonchev–Trinajstić information content (AvgIpc) is 3.17. The van der Waals surface area contributed by atoms with Crippen LogP contribution in [0.1, 0.15) is 55.4 Å². The Morgan fingerprint density at radius 2 is 1.91 bits per heavy atom. The number of dihydropyridines is 1. The minimum Gasteiger partial charge on any atom is -0.351 e. The lowest BCUT2D eigenvalue weighted by Gasteiger charge is -2.38. The van der Waals surface area contributed by atoms with Crippen molar-refractivity contribution >= 4 is 39.0 Å². The third kappa shape index (κ3) is 4.90. The number of carbonyl (C=O) groups is 2. The molecule has 2 unspecified atom stereocenters. The van der Waals surface area contributed by atoms with E-state index in [0.717, 1.165) is 59.5 Å². The molecule has 2 amide bonds. The summed E-state index contributed by atoms with van der Waals surface area (Å²) in [5.41, 5.74) is 5.36. The van der Waals surface area contributed by atoms with Gasteiger partial charge in [0.05, 0.1) is 5.92 Å². The lowest BCUT2D eigenvalue weighted by molar-refractivity contribution is -0.120. The number of aromatic nitrogens is 1. The molecule has 1 N–H and O–H groups in total. The number of hydrogen-bond donors (Lipinski definition) is 1. The van der Waals surface area contributed by atoms with Crippen molar-refractivity contribution in [3.05, 3.63) is 51.3 Å². The fourth-order valence-corrected chi connectivity index (χ4v) is 5.62. The molecule has 0 aromatic carbocycles. The van der Waals surface area contributed by atoms with Crippen molar-refractivity contribution in [2.24, 2.45) is 10.9 Å². The highest BCUT2D eigenvalue weighted by Crippen LogP contribution is 2.31. The van der Waals surface area contributed by atoms with Crippen LogP contribution in [-0.4, -0.2) is 71.0 Å². The van der Waals surface area contributed by atoms with E-state index >= 15 is 0 Å². The summed E-state index contributed by atoms with van der Waals surface area (Å²) in [6.07, 6.45) is 3.99. The molecule has 1 fully saturated rings. The lowest BCUT2D eigenvalue weighted by atomic mass is 9.95. The van der Waals surface area contributed by atoms with Crippen LogP contribution in [0.15, 0.2) is 39.4 Å². The third-order valence-corrected chi connectivity index (χ3v) is 7.67. The van der Waals surface area contributed by atoms with Gasteiger partial charge in [-0.05, 0) is 73.9 Å². The zero-order valence-corrected chi connectivity index (χ0v) is 22.3. The number of piperazine rings is 1. The lowest BCUT2D eigenvalue weighted by Crippen LogP contribution is -2.47. The van der Waals surface area contributed by atoms with Crippen LogP contribution in [0.2, 0.25) is 0 Å². The first-order valence-electron chi connectivity index (χ1n) is 12.0. The van der Waals surface area contributed by atoms with Crippen LogP contribution >= 0.6 is 15.9 Å². The molecule has 4 rings (SSSR count). The van der Waals surface area contributed by atoms with E-state index in [9.17, 15) is 9.59 Å². The molecule has 0 bridgehead atoms. The van der Waals surface area contributed by atoms with E-state index in [1.165, 1.54) is 0 Å². The molecular weight excluding hydrogens is 494 g/mol. The summed E-state index contributed by atoms with van der Waals surface area (Å²) in [7, 11) is 0. The predicted octanol–water partition coefficient (Wildman–Crippen LogP) is 4.00. The molecule has 4 heterocycles. The number of aliphatic imine (C=N–C) groups is 1. The summed E-state index contributed by atoms with van der Waals surface area (Å²) < 4.78 is 3.18. The Hall–Kier alpha value is -2.29. The highest BCUT2D eigenvalue weighted by Gasteiger charge is 2.28. The van der Waals surface area contributed by atoms with Gasteiger partial charge in [-0.2, -0.15) is 0 Å². The quantitative estimate of drug-likeness (QED) is 0.616. The fourth-order valence-electron chi connectivity index (χ4n) is 5.18. The third-order valence-electron chi connectivity index (χ3n) is 7.24. The maximum absolute atomic E-state index is 13.4. The second-order valence-electron chi connectivity index (χ2n) is 9.41. The molecule has 2 aliphatic rings. The Balaban J connectivity index is 1.61. The molecule has 0 spiro atoms. The van der Waals surface area contributed by atoms with Gasteiger partial charge in [0.25, 0.3) is 11.8 Å². The zero-order valence-electron chi connectivity index (χ0n) is 20.7. The number of allylic oxidation sites excluding steroid dienone is 1. The van der Waals surface area contributed by atoms with Crippen LogP contribution in [0.25, 0.3) is 5.52 Å². The van der Waals surface area contributed by atoms with Crippen molar-refractivity contribution in [1.29, 1.82) is 0 Å². The Bertz CT molecular complexity index is 1170. The molecule has 34 heavy (non-hydrogen) atoms. The number of rotatable bonds is 6. The van der Waals surface area contributed by atoms with Crippen molar-refractivity contribution in [3.8, 4) is 0 Å². The van der Waals surface area contributed by atoms with Gasteiger partial charge >= 0.3 is 0 Å². The second kappa shape index (κ2) is 10.1. The van der Waals surface area contributed by atoms with E-state index in [1.807, 2.05) is 39.0 Å². The maximum atomic E-state index is 13.4. The first-order chi connectivity index (χ1) is 16.2. The van der Waals surface area contributed by atoms with Gasteiger partial charge < -0.3 is 14.6 Å². The molecule has 8 heteroatoms. The van der Waals surface area contributed by atoms with Gasteiger partial charge in [-0.25, -0.2) is 4.99 Å². The first kappa shape index (κ1) is 24.8. The Kier molecular flexibility index (Phi) is 7.40. The van der Waals surface area contributed by atoms with Crippen molar-refractivity contribution in [2.45, 2.75) is 40.7 Å². The second-order valence-corrected chi connectivity index (χ2v) is 10.3. The normalized spacial score (nSPS) is 20.9. The van der Waals surface area contributed by atoms with E-state index in [0.29, 0.717) is 11.3 Å². The maximum Gasteiger partial charge on any atom is 0.254 e. The Labute approximate surface area is 210 Å². The van der Waals surface area contributed by atoms with E-state index < -0.39 is 5.92 Å². The van der Waals surface area contributed by atoms with Gasteiger partial charge in [-0.15, -0.1) is 0 Å². The molecule has 2 aromatic rings. The Morgan fingerprint density at radius 1 is 1.21 bits per heavy atom. The highest BCUT2D eigenvalue weighted by atomic mass is 79.9.